The fraction of sp³-hybridized carbons (Fsp3) is 0.192. The molecule has 0 radical (unpaired) electrons. The average molecular weight is 825 g/mol. The monoisotopic (exact) mass is 824 g/mol. The summed E-state index contributed by atoms with van der Waals surface area (Å²) >= 11 is 0. The molecule has 2 aliphatic carbocycles. The van der Waals surface area contributed by atoms with Gasteiger partial charge in [-0.1, -0.05) is 97.1 Å². The number of benzene rings is 4. The van der Waals surface area contributed by atoms with E-state index in [0.29, 0.717) is 35.3 Å². The summed E-state index contributed by atoms with van der Waals surface area (Å²) < 4.78 is 10.7. The van der Waals surface area contributed by atoms with E-state index < -0.39 is 0 Å². The van der Waals surface area contributed by atoms with E-state index in [0.717, 1.165) is 128 Å². The lowest BCUT2D eigenvalue weighted by Gasteiger charge is -2.37. The van der Waals surface area contributed by atoms with Gasteiger partial charge in [-0.3, -0.25) is 8.80 Å². The first kappa shape index (κ1) is 37.3. The second-order valence-electron chi connectivity index (χ2n) is 17.2. The van der Waals surface area contributed by atoms with Gasteiger partial charge in [0.2, 0.25) is 0 Å². The van der Waals surface area contributed by atoms with Gasteiger partial charge < -0.3 is 16.2 Å². The van der Waals surface area contributed by atoms with Crippen molar-refractivity contribution >= 4 is 44.5 Å². The van der Waals surface area contributed by atoms with E-state index in [2.05, 4.69) is 104 Å². The van der Waals surface area contributed by atoms with Crippen molar-refractivity contribution in [1.29, 1.82) is 0 Å². The highest BCUT2D eigenvalue weighted by molar-refractivity contribution is 5.93. The molecule has 11 nitrogen and oxygen atoms in total. The van der Waals surface area contributed by atoms with Gasteiger partial charge in [-0.15, -0.1) is 0 Å². The van der Waals surface area contributed by atoms with Gasteiger partial charge in [0.05, 0.1) is 22.4 Å². The summed E-state index contributed by atoms with van der Waals surface area (Å²) in [4.78, 5) is 29.5. The number of nitrogens with zero attached hydrogens (tertiary/aromatic N) is 8. The molecule has 0 spiro atoms. The molecule has 0 aliphatic heterocycles. The number of anilines is 2. The maximum Gasteiger partial charge on any atom is 0.150 e. The predicted molar refractivity (Wildman–Crippen MR) is 249 cm³/mol. The minimum atomic E-state index is 0.312. The first-order valence-corrected chi connectivity index (χ1v) is 21.8. The lowest BCUT2D eigenvalue weighted by atomic mass is 9.74. The van der Waals surface area contributed by atoms with E-state index in [1.54, 1.807) is 12.4 Å². The molecule has 11 heteroatoms. The molecule has 0 saturated heterocycles. The Morgan fingerprint density at radius 3 is 1.37 bits per heavy atom. The van der Waals surface area contributed by atoms with Gasteiger partial charge in [-0.05, 0) is 61.8 Å². The molecule has 6 aromatic heterocycles. The summed E-state index contributed by atoms with van der Waals surface area (Å²) in [5.74, 6) is 4.58. The van der Waals surface area contributed by atoms with Gasteiger partial charge in [0.15, 0.2) is 0 Å². The Morgan fingerprint density at radius 1 is 0.492 bits per heavy atom. The number of hydrogen-bond donors (Lipinski definition) is 2. The Balaban J connectivity index is 0.708. The summed E-state index contributed by atoms with van der Waals surface area (Å²) in [6, 6.07) is 41.6. The van der Waals surface area contributed by atoms with Crippen molar-refractivity contribution in [3.8, 4) is 45.0 Å². The zero-order valence-corrected chi connectivity index (χ0v) is 34.5. The van der Waals surface area contributed by atoms with Gasteiger partial charge >= 0.3 is 0 Å². The molecule has 2 saturated carbocycles. The van der Waals surface area contributed by atoms with E-state index in [1.165, 1.54) is 0 Å². The molecule has 2 aliphatic rings. The fourth-order valence-corrected chi connectivity index (χ4v) is 9.79. The number of nitrogens with two attached hydrogens (primary N) is 2. The van der Waals surface area contributed by atoms with Crippen molar-refractivity contribution in [3.05, 3.63) is 158 Å². The zero-order chi connectivity index (χ0) is 42.0. The lowest BCUT2D eigenvalue weighted by molar-refractivity contribution is 0.0166. The molecule has 6 heterocycles. The number of nitrogen functional groups attached to an aromatic ring is 2. The topological polar surface area (TPSA) is 147 Å². The largest absolute Gasteiger partial charge is 0.382 e. The molecule has 2 fully saturated rings. The molecule has 12 rings (SSSR count). The molecule has 4 aromatic carbocycles. The van der Waals surface area contributed by atoms with Crippen LogP contribution in [-0.4, -0.2) is 51.9 Å². The SMILES string of the molecule is Nc1nccn2c(C3CC(COCC4CC(c5nc(-c6ccc7ccc(-c8ccccc8)nc7c6)c6c(N)nccn56)C4)C3)nc(-c3ccc4ccc(-c5ccccc5)nc4c3)c12. The van der Waals surface area contributed by atoms with Gasteiger partial charge in [-0.2, -0.15) is 0 Å². The van der Waals surface area contributed by atoms with Crippen molar-refractivity contribution in [2.24, 2.45) is 11.8 Å². The van der Waals surface area contributed by atoms with Crippen LogP contribution < -0.4 is 11.5 Å². The molecule has 0 bridgehead atoms. The summed E-state index contributed by atoms with van der Waals surface area (Å²) in [5, 5.41) is 2.15. The van der Waals surface area contributed by atoms with Crippen molar-refractivity contribution in [1.82, 2.24) is 38.7 Å². The average Bonchev–Trinajstić information content (AvgIpc) is 3.88. The maximum absolute atomic E-state index is 6.54. The standard InChI is InChI=1S/C52H44N10O/c53-49-47-45(37-13-11-35-15-17-41(57-43(35)27-37)33-7-3-1-4-8-33)59-51(61(47)21-19-55-49)39-23-31(24-39)29-63-30-32-25-40(26-32)52-60-46(48-50(54)56-20-22-62(48)52)38-14-12-36-16-18-42(58-44(36)28-38)34-9-5-2-6-10-34/h1-22,27-28,31-32,39-40H,23-26,29-30H2,(H2,53,55)(H2,54,56). The van der Waals surface area contributed by atoms with E-state index in [9.17, 15) is 0 Å². The Morgan fingerprint density at radius 2 is 0.921 bits per heavy atom. The number of pyridine rings is 2. The number of hydrogen-bond acceptors (Lipinski definition) is 9. The molecule has 0 atom stereocenters. The molecular formula is C52H44N10O. The highest BCUT2D eigenvalue weighted by Gasteiger charge is 2.37. The normalized spacial score (nSPS) is 18.5. The smallest absolute Gasteiger partial charge is 0.150 e. The van der Waals surface area contributed by atoms with Crippen LogP contribution in [0.1, 0.15) is 49.2 Å². The molecule has 10 aromatic rings. The van der Waals surface area contributed by atoms with Gasteiger partial charge in [0.25, 0.3) is 0 Å². The second kappa shape index (κ2) is 15.1. The van der Waals surface area contributed by atoms with E-state index in [1.807, 2.05) is 48.8 Å². The Bertz CT molecular complexity index is 3110. The third kappa shape index (κ3) is 6.63. The molecule has 0 unspecified atom stereocenters. The first-order valence-electron chi connectivity index (χ1n) is 21.8. The first-order chi connectivity index (χ1) is 31.0. The van der Waals surface area contributed by atoms with Crippen LogP contribution >= 0.6 is 0 Å². The van der Waals surface area contributed by atoms with Crippen LogP contribution in [0.3, 0.4) is 0 Å². The Hall–Kier alpha value is -7.50. The number of ether oxygens (including phenoxy) is 1. The van der Waals surface area contributed by atoms with Crippen molar-refractivity contribution in [3.63, 3.8) is 0 Å². The van der Waals surface area contributed by atoms with Crippen molar-refractivity contribution in [2.75, 3.05) is 24.7 Å². The Labute approximate surface area is 363 Å². The van der Waals surface area contributed by atoms with Crippen LogP contribution in [-0.2, 0) is 4.74 Å². The van der Waals surface area contributed by atoms with Crippen molar-refractivity contribution < 1.29 is 4.74 Å². The minimum Gasteiger partial charge on any atom is -0.382 e. The van der Waals surface area contributed by atoms with Crippen LogP contribution in [0.25, 0.3) is 77.9 Å². The second-order valence-corrected chi connectivity index (χ2v) is 17.2. The number of imidazole rings is 2. The van der Waals surface area contributed by atoms with Gasteiger partial charge in [0.1, 0.15) is 45.7 Å². The third-order valence-electron chi connectivity index (χ3n) is 13.2. The van der Waals surface area contributed by atoms with E-state index >= 15 is 0 Å². The van der Waals surface area contributed by atoms with Crippen LogP contribution in [0.15, 0.2) is 146 Å². The van der Waals surface area contributed by atoms with Crippen molar-refractivity contribution in [2.45, 2.75) is 37.5 Å². The van der Waals surface area contributed by atoms with Crippen LogP contribution in [0, 0.1) is 11.8 Å². The molecule has 0 amide bonds. The quantitative estimate of drug-likeness (QED) is 0.137. The van der Waals surface area contributed by atoms with E-state index in [4.69, 9.17) is 36.1 Å². The number of aromatic nitrogens is 8. The molecule has 4 N–H and O–H groups in total. The van der Waals surface area contributed by atoms with E-state index in [-0.39, 0.29) is 0 Å². The zero-order valence-electron chi connectivity index (χ0n) is 34.5. The Kier molecular flexibility index (Phi) is 8.96. The highest BCUT2D eigenvalue weighted by Crippen LogP contribution is 2.46. The molecule has 63 heavy (non-hydrogen) atoms. The highest BCUT2D eigenvalue weighted by atomic mass is 16.5. The van der Waals surface area contributed by atoms with Gasteiger partial charge in [0, 0.05) is 82.9 Å². The third-order valence-corrected chi connectivity index (χ3v) is 13.2. The number of rotatable bonds is 10. The maximum atomic E-state index is 6.54. The summed E-state index contributed by atoms with van der Waals surface area (Å²) in [7, 11) is 0. The summed E-state index contributed by atoms with van der Waals surface area (Å²) in [6.45, 7) is 1.50. The van der Waals surface area contributed by atoms with Crippen LogP contribution in [0.4, 0.5) is 11.6 Å². The molecule has 308 valence electrons. The summed E-state index contributed by atoms with van der Waals surface area (Å²) in [5.41, 5.74) is 24.3. The van der Waals surface area contributed by atoms with Crippen LogP contribution in [0.2, 0.25) is 0 Å². The van der Waals surface area contributed by atoms with Crippen LogP contribution in [0.5, 0.6) is 0 Å². The predicted octanol–water partition coefficient (Wildman–Crippen LogP) is 10.4. The lowest BCUT2D eigenvalue weighted by Crippen LogP contribution is -2.31. The minimum absolute atomic E-state index is 0.312. The summed E-state index contributed by atoms with van der Waals surface area (Å²) in [6.07, 6.45) is 11.6. The fourth-order valence-electron chi connectivity index (χ4n) is 9.79. The number of fused-ring (bicyclic) bond motifs is 4. The van der Waals surface area contributed by atoms with Gasteiger partial charge in [-0.25, -0.2) is 29.9 Å². The molecular weight excluding hydrogens is 781 g/mol.